The highest BCUT2D eigenvalue weighted by atomic mass is 16.5. The molecule has 0 aliphatic rings. The first kappa shape index (κ1) is 13.1. The summed E-state index contributed by atoms with van der Waals surface area (Å²) in [5, 5.41) is 3.98. The van der Waals surface area contributed by atoms with E-state index >= 15 is 0 Å². The summed E-state index contributed by atoms with van der Waals surface area (Å²) in [6, 6.07) is 15.6. The van der Waals surface area contributed by atoms with Crippen molar-refractivity contribution >= 4 is 17.8 Å². The van der Waals surface area contributed by atoms with Crippen LogP contribution >= 0.6 is 0 Å². The lowest BCUT2D eigenvalue weighted by atomic mass is 10.1. The minimum absolute atomic E-state index is 0.466. The summed E-state index contributed by atoms with van der Waals surface area (Å²) in [6.07, 6.45) is 3.67. The maximum absolute atomic E-state index is 5.73. The van der Waals surface area contributed by atoms with Gasteiger partial charge in [0.25, 0.3) is 5.89 Å². The van der Waals surface area contributed by atoms with Crippen molar-refractivity contribution in [2.24, 2.45) is 0 Å². The maximum Gasteiger partial charge on any atom is 0.250 e. The summed E-state index contributed by atoms with van der Waals surface area (Å²) < 4.78 is 5.22. The van der Waals surface area contributed by atoms with Gasteiger partial charge in [0.1, 0.15) is 0 Å². The predicted molar refractivity (Wildman–Crippen MR) is 84.3 cm³/mol. The van der Waals surface area contributed by atoms with E-state index in [2.05, 4.69) is 10.1 Å². The van der Waals surface area contributed by atoms with Gasteiger partial charge in [-0.05, 0) is 30.7 Å². The fourth-order valence-electron chi connectivity index (χ4n) is 1.95. The van der Waals surface area contributed by atoms with Crippen LogP contribution in [0.3, 0.4) is 0 Å². The molecule has 1 heterocycles. The molecular weight excluding hydrogens is 262 g/mol. The highest BCUT2D eigenvalue weighted by molar-refractivity contribution is 5.68. The summed E-state index contributed by atoms with van der Waals surface area (Å²) in [4.78, 5) is 4.35. The van der Waals surface area contributed by atoms with Crippen molar-refractivity contribution in [3.8, 4) is 11.4 Å². The molecule has 0 aliphatic heterocycles. The average Bonchev–Trinajstić information content (AvgIpc) is 2.95. The summed E-state index contributed by atoms with van der Waals surface area (Å²) >= 11 is 0. The van der Waals surface area contributed by atoms with Crippen molar-refractivity contribution in [1.29, 1.82) is 0 Å². The van der Waals surface area contributed by atoms with Gasteiger partial charge >= 0.3 is 0 Å². The zero-order chi connectivity index (χ0) is 14.7. The van der Waals surface area contributed by atoms with E-state index in [1.54, 1.807) is 6.08 Å². The van der Waals surface area contributed by atoms with Crippen LogP contribution in [-0.4, -0.2) is 10.1 Å². The molecule has 21 heavy (non-hydrogen) atoms. The summed E-state index contributed by atoms with van der Waals surface area (Å²) in [6.45, 7) is 2.04. The van der Waals surface area contributed by atoms with E-state index in [0.29, 0.717) is 11.7 Å². The number of aromatic nitrogens is 2. The molecule has 4 nitrogen and oxygen atoms in total. The van der Waals surface area contributed by atoms with Gasteiger partial charge < -0.3 is 10.3 Å². The minimum atomic E-state index is 0.466. The maximum atomic E-state index is 5.73. The number of nitrogens with two attached hydrogens (primary N) is 1. The Morgan fingerprint density at radius 2 is 1.86 bits per heavy atom. The quantitative estimate of drug-likeness (QED) is 0.739. The van der Waals surface area contributed by atoms with E-state index in [1.807, 2.05) is 61.5 Å². The van der Waals surface area contributed by atoms with Gasteiger partial charge in [-0.15, -0.1) is 0 Å². The number of anilines is 1. The van der Waals surface area contributed by atoms with Crippen molar-refractivity contribution in [2.45, 2.75) is 6.92 Å². The standard InChI is InChI=1S/C17H15N3O/c1-12-5-8-14(9-6-12)17-19-16(21-20-17)10-7-13-3-2-4-15(18)11-13/h2-11H,18H2,1H3/b10-7+. The SMILES string of the molecule is Cc1ccc(-c2noc(/C=C/c3cccc(N)c3)n2)cc1. The first-order valence-corrected chi connectivity index (χ1v) is 6.65. The number of aryl methyl sites for hydroxylation is 1. The van der Waals surface area contributed by atoms with Crippen LogP contribution in [0.4, 0.5) is 5.69 Å². The lowest BCUT2D eigenvalue weighted by molar-refractivity contribution is 0.411. The molecule has 104 valence electrons. The molecule has 0 amide bonds. The molecule has 4 heteroatoms. The highest BCUT2D eigenvalue weighted by Gasteiger charge is 2.05. The zero-order valence-electron chi connectivity index (χ0n) is 11.7. The molecule has 1 aromatic heterocycles. The molecular formula is C17H15N3O. The van der Waals surface area contributed by atoms with Crippen LogP contribution in [-0.2, 0) is 0 Å². The van der Waals surface area contributed by atoms with E-state index in [9.17, 15) is 0 Å². The van der Waals surface area contributed by atoms with Crippen LogP contribution in [0.25, 0.3) is 23.5 Å². The Balaban J connectivity index is 1.80. The summed E-state index contributed by atoms with van der Waals surface area (Å²) in [5.74, 6) is 1.05. The molecule has 3 aromatic rings. The third-order valence-corrected chi connectivity index (χ3v) is 3.08. The Bertz CT molecular complexity index is 773. The van der Waals surface area contributed by atoms with Crippen LogP contribution in [0.5, 0.6) is 0 Å². The van der Waals surface area contributed by atoms with Crippen LogP contribution in [0.1, 0.15) is 17.0 Å². The lowest BCUT2D eigenvalue weighted by Gasteiger charge is -1.94. The second kappa shape index (κ2) is 5.63. The number of hydrogen-bond acceptors (Lipinski definition) is 4. The van der Waals surface area contributed by atoms with Crippen LogP contribution in [0.2, 0.25) is 0 Å². The molecule has 2 N–H and O–H groups in total. The molecule has 0 radical (unpaired) electrons. The summed E-state index contributed by atoms with van der Waals surface area (Å²) in [7, 11) is 0. The van der Waals surface area contributed by atoms with Crippen molar-refractivity contribution in [3.05, 3.63) is 65.5 Å². The second-order valence-corrected chi connectivity index (χ2v) is 4.83. The van der Waals surface area contributed by atoms with Gasteiger partial charge in [-0.25, -0.2) is 0 Å². The molecule has 0 bridgehead atoms. The number of rotatable bonds is 3. The third-order valence-electron chi connectivity index (χ3n) is 3.08. The van der Waals surface area contributed by atoms with E-state index in [-0.39, 0.29) is 0 Å². The number of nitrogens with zero attached hydrogens (tertiary/aromatic N) is 2. The Morgan fingerprint density at radius 3 is 2.62 bits per heavy atom. The van der Waals surface area contributed by atoms with Crippen molar-refractivity contribution in [2.75, 3.05) is 5.73 Å². The highest BCUT2D eigenvalue weighted by Crippen LogP contribution is 2.17. The van der Waals surface area contributed by atoms with Crippen LogP contribution in [0, 0.1) is 6.92 Å². The van der Waals surface area contributed by atoms with E-state index in [0.717, 1.165) is 16.8 Å². The van der Waals surface area contributed by atoms with Gasteiger partial charge in [0.05, 0.1) is 0 Å². The molecule has 0 saturated heterocycles. The van der Waals surface area contributed by atoms with Gasteiger partial charge in [0.2, 0.25) is 5.82 Å². The molecule has 0 atom stereocenters. The normalized spacial score (nSPS) is 11.1. The van der Waals surface area contributed by atoms with Gasteiger partial charge in [-0.1, -0.05) is 47.1 Å². The van der Waals surface area contributed by atoms with Gasteiger partial charge in [0.15, 0.2) is 0 Å². The lowest BCUT2D eigenvalue weighted by Crippen LogP contribution is -1.83. The molecule has 0 aliphatic carbocycles. The number of benzene rings is 2. The van der Waals surface area contributed by atoms with Gasteiger partial charge in [-0.2, -0.15) is 4.98 Å². The first-order valence-electron chi connectivity index (χ1n) is 6.65. The van der Waals surface area contributed by atoms with E-state index < -0.39 is 0 Å². The Labute approximate surface area is 122 Å². The van der Waals surface area contributed by atoms with Gasteiger partial charge in [-0.3, -0.25) is 0 Å². The van der Waals surface area contributed by atoms with E-state index in [1.165, 1.54) is 5.56 Å². The number of hydrogen-bond donors (Lipinski definition) is 1. The molecule has 0 fully saturated rings. The van der Waals surface area contributed by atoms with Crippen molar-refractivity contribution < 1.29 is 4.52 Å². The summed E-state index contributed by atoms with van der Waals surface area (Å²) in [5.41, 5.74) is 9.59. The second-order valence-electron chi connectivity index (χ2n) is 4.83. The zero-order valence-corrected chi connectivity index (χ0v) is 11.7. The van der Waals surface area contributed by atoms with Crippen molar-refractivity contribution in [3.63, 3.8) is 0 Å². The first-order chi connectivity index (χ1) is 10.2. The molecule has 0 unspecified atom stereocenters. The van der Waals surface area contributed by atoms with Gasteiger partial charge in [0, 0.05) is 17.3 Å². The average molecular weight is 277 g/mol. The Morgan fingerprint density at radius 1 is 1.05 bits per heavy atom. The monoisotopic (exact) mass is 277 g/mol. The predicted octanol–water partition coefficient (Wildman–Crippen LogP) is 3.80. The fourth-order valence-corrected chi connectivity index (χ4v) is 1.95. The molecule has 0 saturated carbocycles. The minimum Gasteiger partial charge on any atom is -0.399 e. The third kappa shape index (κ3) is 3.17. The van der Waals surface area contributed by atoms with Crippen LogP contribution in [0.15, 0.2) is 53.1 Å². The van der Waals surface area contributed by atoms with E-state index in [4.69, 9.17) is 10.3 Å². The van der Waals surface area contributed by atoms with Crippen LogP contribution < -0.4 is 5.73 Å². The number of nitrogen functional groups attached to an aromatic ring is 1. The Kier molecular flexibility index (Phi) is 3.51. The smallest absolute Gasteiger partial charge is 0.250 e. The largest absolute Gasteiger partial charge is 0.399 e. The molecule has 2 aromatic carbocycles. The fraction of sp³-hybridized carbons (Fsp3) is 0.0588. The Hall–Kier alpha value is -2.88. The topological polar surface area (TPSA) is 64.9 Å². The molecule has 3 rings (SSSR count). The molecule has 0 spiro atoms. The van der Waals surface area contributed by atoms with Crippen molar-refractivity contribution in [1.82, 2.24) is 10.1 Å².